The number of carboxylic acids is 1. The van der Waals surface area contributed by atoms with Crippen LogP contribution in [0.3, 0.4) is 0 Å². The largest absolute Gasteiger partial charge is 0.481 e. The molecule has 3 aromatic rings. The number of aliphatic hydroxyl groups is 1. The van der Waals surface area contributed by atoms with Crippen LogP contribution in [-0.2, 0) is 33.8 Å². The van der Waals surface area contributed by atoms with Crippen molar-refractivity contribution in [1.29, 1.82) is 0 Å². The first-order valence-electron chi connectivity index (χ1n) is 13.5. The van der Waals surface area contributed by atoms with Gasteiger partial charge in [-0.25, -0.2) is 8.42 Å². The van der Waals surface area contributed by atoms with E-state index in [0.717, 1.165) is 29.6 Å². The molecule has 230 valence electrons. The van der Waals surface area contributed by atoms with E-state index in [1.807, 2.05) is 19.2 Å². The van der Waals surface area contributed by atoms with Gasteiger partial charge >= 0.3 is 12.1 Å². The number of aliphatic hydroxyl groups excluding tert-OH is 1. The summed E-state index contributed by atoms with van der Waals surface area (Å²) in [6.45, 7) is 3.77. The Morgan fingerprint density at radius 2 is 1.79 bits per heavy atom. The molecule has 0 fully saturated rings. The summed E-state index contributed by atoms with van der Waals surface area (Å²) in [6, 6.07) is 11.0. The zero-order valence-corrected chi connectivity index (χ0v) is 25.5. The second-order valence-corrected chi connectivity index (χ2v) is 13.9. The van der Waals surface area contributed by atoms with E-state index in [0.29, 0.717) is 17.2 Å². The number of β-amino-alcohol motifs (C(OH)–C–C–N with tert-alkyl or cyclic N) is 1. The van der Waals surface area contributed by atoms with Crippen molar-refractivity contribution >= 4 is 27.3 Å². The Morgan fingerprint density at radius 1 is 1.05 bits per heavy atom. The van der Waals surface area contributed by atoms with Gasteiger partial charge in [-0.1, -0.05) is 24.3 Å². The van der Waals surface area contributed by atoms with Crippen molar-refractivity contribution in [1.82, 2.24) is 9.62 Å². The van der Waals surface area contributed by atoms with Crippen LogP contribution in [0.1, 0.15) is 49.8 Å². The number of benzene rings is 2. The number of likely N-dealkylation sites (N-methyl/N-ethyl adjacent to an activating group) is 1. The second kappa shape index (κ2) is 14.1. The Hall–Kier alpha value is -2.77. The molecule has 0 bridgehead atoms. The van der Waals surface area contributed by atoms with E-state index in [4.69, 9.17) is 5.11 Å². The van der Waals surface area contributed by atoms with E-state index < -0.39 is 38.7 Å². The molecule has 0 radical (unpaired) electrons. The molecule has 3 rings (SSSR count). The average molecular weight is 627 g/mol. The van der Waals surface area contributed by atoms with Crippen LogP contribution < -0.4 is 5.32 Å². The van der Waals surface area contributed by atoms with Gasteiger partial charge in [-0.05, 0) is 96.8 Å². The lowest BCUT2D eigenvalue weighted by Crippen LogP contribution is -2.46. The van der Waals surface area contributed by atoms with Crippen LogP contribution in [0, 0.1) is 0 Å². The number of nitrogens with zero attached hydrogens (tertiary/aromatic N) is 1. The van der Waals surface area contributed by atoms with Crippen molar-refractivity contribution < 1.29 is 36.6 Å². The standard InChI is InChI=1S/C30H37F3N2O5S2/c1-29(2,12-5-7-22-11-13-41-20-22)34-18-26(36)19-35(3)42(39,40)27-16-24(15-25(17-27)30(31,32)33)23-8-4-6-21(14-23)9-10-28(37)38/h4,6,8,11,13-17,20,26,34,36H,5,7,9-10,12,18-19H2,1-3H3,(H,37,38). The molecule has 0 saturated heterocycles. The highest BCUT2D eigenvalue weighted by Crippen LogP contribution is 2.35. The topological polar surface area (TPSA) is 107 Å². The minimum Gasteiger partial charge on any atom is -0.481 e. The zero-order valence-electron chi connectivity index (χ0n) is 23.8. The Labute approximate surface area is 249 Å². The van der Waals surface area contributed by atoms with E-state index in [9.17, 15) is 31.5 Å². The maximum absolute atomic E-state index is 13.8. The summed E-state index contributed by atoms with van der Waals surface area (Å²) in [5, 5.41) is 27.0. The number of nitrogens with one attached hydrogen (secondary N) is 1. The molecule has 1 atom stereocenters. The highest BCUT2D eigenvalue weighted by molar-refractivity contribution is 7.89. The smallest absolute Gasteiger partial charge is 0.416 e. The van der Waals surface area contributed by atoms with Crippen LogP contribution in [0.25, 0.3) is 11.1 Å². The number of sulfonamides is 1. The summed E-state index contributed by atoms with van der Waals surface area (Å²) in [4.78, 5) is 10.4. The average Bonchev–Trinajstić information content (AvgIpc) is 3.43. The number of alkyl halides is 3. The fraction of sp³-hybridized carbons (Fsp3) is 0.433. The van der Waals surface area contributed by atoms with Crippen molar-refractivity contribution in [3.8, 4) is 11.1 Å². The van der Waals surface area contributed by atoms with Gasteiger partial charge in [0.2, 0.25) is 10.0 Å². The number of hydrogen-bond acceptors (Lipinski definition) is 6. The van der Waals surface area contributed by atoms with Crippen molar-refractivity contribution in [3.05, 3.63) is 76.0 Å². The molecule has 0 aliphatic heterocycles. The zero-order chi connectivity index (χ0) is 31.1. The van der Waals surface area contributed by atoms with Crippen LogP contribution in [0.15, 0.2) is 64.2 Å². The molecule has 12 heteroatoms. The molecule has 2 aromatic carbocycles. The molecule has 1 heterocycles. The molecule has 0 spiro atoms. The van der Waals surface area contributed by atoms with Gasteiger partial charge in [0.15, 0.2) is 0 Å². The molecule has 0 saturated carbocycles. The van der Waals surface area contributed by atoms with Gasteiger partial charge in [-0.2, -0.15) is 28.8 Å². The number of rotatable bonds is 15. The molecular weight excluding hydrogens is 589 g/mol. The number of aliphatic carboxylic acids is 1. The Morgan fingerprint density at radius 3 is 2.43 bits per heavy atom. The lowest BCUT2D eigenvalue weighted by molar-refractivity contribution is -0.138. The molecule has 1 unspecified atom stereocenters. The first kappa shape index (κ1) is 33.7. The van der Waals surface area contributed by atoms with Crippen LogP contribution >= 0.6 is 11.3 Å². The third-order valence-electron chi connectivity index (χ3n) is 6.96. The summed E-state index contributed by atoms with van der Waals surface area (Å²) in [7, 11) is -3.18. The molecular formula is C30H37F3N2O5S2. The number of halogens is 3. The lowest BCUT2D eigenvalue weighted by Gasteiger charge is -2.29. The second-order valence-electron chi connectivity index (χ2n) is 11.0. The van der Waals surface area contributed by atoms with Gasteiger partial charge in [0, 0.05) is 32.1 Å². The van der Waals surface area contributed by atoms with E-state index >= 15 is 0 Å². The predicted molar refractivity (Wildman–Crippen MR) is 158 cm³/mol. The Kier molecular flexibility index (Phi) is 11.4. The summed E-state index contributed by atoms with van der Waals surface area (Å²) >= 11 is 1.65. The van der Waals surface area contributed by atoms with Crippen molar-refractivity contribution in [2.75, 3.05) is 20.1 Å². The van der Waals surface area contributed by atoms with E-state index in [-0.39, 0.29) is 37.0 Å². The minimum atomic E-state index is -4.81. The summed E-state index contributed by atoms with van der Waals surface area (Å²) < 4.78 is 69.1. The van der Waals surface area contributed by atoms with Crippen molar-refractivity contribution in [2.24, 2.45) is 0 Å². The monoisotopic (exact) mass is 626 g/mol. The Bertz CT molecular complexity index is 1440. The third kappa shape index (κ3) is 9.91. The van der Waals surface area contributed by atoms with E-state index in [1.54, 1.807) is 29.5 Å². The predicted octanol–water partition coefficient (Wildman–Crippen LogP) is 5.82. The van der Waals surface area contributed by atoms with Gasteiger partial charge in [0.05, 0.1) is 16.6 Å². The van der Waals surface area contributed by atoms with Crippen molar-refractivity contribution in [3.63, 3.8) is 0 Å². The highest BCUT2D eigenvalue weighted by atomic mass is 32.2. The number of aryl methyl sites for hydroxylation is 2. The summed E-state index contributed by atoms with van der Waals surface area (Å²) in [5.74, 6) is -1.01. The molecule has 0 amide bonds. The van der Waals surface area contributed by atoms with Crippen LogP contribution in [0.4, 0.5) is 13.2 Å². The summed E-state index contributed by atoms with van der Waals surface area (Å²) in [5.41, 5.74) is 0.775. The number of carbonyl (C=O) groups is 1. The molecule has 42 heavy (non-hydrogen) atoms. The first-order chi connectivity index (χ1) is 19.6. The third-order valence-corrected chi connectivity index (χ3v) is 9.49. The van der Waals surface area contributed by atoms with E-state index in [1.165, 1.54) is 24.7 Å². The number of carboxylic acid groups (broad SMARTS) is 1. The van der Waals surface area contributed by atoms with E-state index in [2.05, 4.69) is 16.8 Å². The maximum atomic E-state index is 13.8. The van der Waals surface area contributed by atoms with Crippen LogP contribution in [-0.4, -0.2) is 60.7 Å². The SMILES string of the molecule is CN(CC(O)CNC(C)(C)CCCc1ccsc1)S(=O)(=O)c1cc(-c2cccc(CCC(=O)O)c2)cc(C(F)(F)F)c1. The van der Waals surface area contributed by atoms with Gasteiger partial charge < -0.3 is 15.5 Å². The van der Waals surface area contributed by atoms with Gasteiger partial charge in [0.25, 0.3) is 0 Å². The Balaban J connectivity index is 1.73. The van der Waals surface area contributed by atoms with Crippen LogP contribution in [0.5, 0.6) is 0 Å². The maximum Gasteiger partial charge on any atom is 0.416 e. The lowest BCUT2D eigenvalue weighted by atomic mass is 9.96. The molecule has 3 N–H and O–H groups in total. The molecule has 0 aliphatic carbocycles. The fourth-order valence-corrected chi connectivity index (χ4v) is 6.51. The normalized spacial score (nSPS) is 13.4. The molecule has 0 aliphatic rings. The van der Waals surface area contributed by atoms with Gasteiger partial charge in [-0.15, -0.1) is 0 Å². The number of thiophene rings is 1. The molecule has 7 nitrogen and oxygen atoms in total. The minimum absolute atomic E-state index is 0.0281. The molecule has 1 aromatic heterocycles. The van der Waals surface area contributed by atoms with Gasteiger partial charge in [-0.3, -0.25) is 4.79 Å². The van der Waals surface area contributed by atoms with Gasteiger partial charge in [0.1, 0.15) is 0 Å². The first-order valence-corrected chi connectivity index (χ1v) is 15.9. The quantitative estimate of drug-likeness (QED) is 0.196. The highest BCUT2D eigenvalue weighted by Gasteiger charge is 2.34. The van der Waals surface area contributed by atoms with Crippen LogP contribution in [0.2, 0.25) is 0 Å². The number of hydrogen-bond donors (Lipinski definition) is 3. The van der Waals surface area contributed by atoms with Crippen molar-refractivity contribution in [2.45, 2.75) is 68.7 Å². The summed E-state index contributed by atoms with van der Waals surface area (Å²) in [6.07, 6.45) is -3.19. The fourth-order valence-electron chi connectivity index (χ4n) is 4.53.